The molecule has 84 valence electrons. The third kappa shape index (κ3) is 2.05. The van der Waals surface area contributed by atoms with Gasteiger partial charge in [-0.3, -0.25) is 4.79 Å². The highest BCUT2D eigenvalue weighted by molar-refractivity contribution is 9.10. The second-order valence-electron chi connectivity index (χ2n) is 3.95. The smallest absolute Gasteiger partial charge is 0.250 e. The van der Waals surface area contributed by atoms with E-state index in [1.54, 1.807) is 0 Å². The van der Waals surface area contributed by atoms with Crippen molar-refractivity contribution in [2.24, 2.45) is 0 Å². The van der Waals surface area contributed by atoms with E-state index in [1.807, 2.05) is 29.2 Å². The van der Waals surface area contributed by atoms with E-state index in [2.05, 4.69) is 22.5 Å². The number of rotatable bonds is 3. The van der Waals surface area contributed by atoms with E-state index >= 15 is 0 Å². The van der Waals surface area contributed by atoms with E-state index in [0.717, 1.165) is 23.0 Å². The van der Waals surface area contributed by atoms with E-state index in [0.29, 0.717) is 6.04 Å². The number of halogens is 1. The zero-order valence-electron chi connectivity index (χ0n) is 9.03. The van der Waals surface area contributed by atoms with Gasteiger partial charge in [-0.2, -0.15) is 0 Å². The van der Waals surface area contributed by atoms with Crippen molar-refractivity contribution in [1.29, 1.82) is 0 Å². The molecule has 1 aliphatic carbocycles. The summed E-state index contributed by atoms with van der Waals surface area (Å²) < 4.78 is 0.956. The number of para-hydroxylation sites is 1. The fourth-order valence-electron chi connectivity index (χ4n) is 1.89. The molecule has 0 saturated heterocycles. The maximum atomic E-state index is 11.9. The van der Waals surface area contributed by atoms with Crippen LogP contribution in [0, 0.1) is 0 Å². The van der Waals surface area contributed by atoms with Gasteiger partial charge in [0.15, 0.2) is 0 Å². The van der Waals surface area contributed by atoms with Gasteiger partial charge < -0.3 is 4.90 Å². The molecular formula is C13H14BrNO. The van der Waals surface area contributed by atoms with Gasteiger partial charge in [0.05, 0.1) is 5.69 Å². The molecule has 0 spiro atoms. The van der Waals surface area contributed by atoms with Crippen LogP contribution < -0.4 is 4.90 Å². The Balaban J connectivity index is 2.34. The zero-order valence-corrected chi connectivity index (χ0v) is 10.6. The van der Waals surface area contributed by atoms with E-state index in [-0.39, 0.29) is 5.91 Å². The summed E-state index contributed by atoms with van der Waals surface area (Å²) in [6.07, 6.45) is 4.76. The van der Waals surface area contributed by atoms with Crippen LogP contribution in [-0.2, 0) is 4.79 Å². The molecule has 1 aliphatic rings. The minimum atomic E-state index is -0.0170. The van der Waals surface area contributed by atoms with Gasteiger partial charge in [0.25, 0.3) is 5.91 Å². The van der Waals surface area contributed by atoms with Crippen LogP contribution in [0.25, 0.3) is 0 Å². The van der Waals surface area contributed by atoms with Crippen LogP contribution in [0.1, 0.15) is 19.3 Å². The Hall–Kier alpha value is -1.09. The van der Waals surface area contributed by atoms with Gasteiger partial charge in [-0.25, -0.2) is 0 Å². The van der Waals surface area contributed by atoms with Crippen LogP contribution >= 0.6 is 15.9 Å². The number of anilines is 1. The monoisotopic (exact) mass is 279 g/mol. The van der Waals surface area contributed by atoms with Gasteiger partial charge >= 0.3 is 0 Å². The molecule has 1 aromatic carbocycles. The first-order valence-corrected chi connectivity index (χ1v) is 6.23. The van der Waals surface area contributed by atoms with Gasteiger partial charge in [-0.15, -0.1) is 0 Å². The maximum absolute atomic E-state index is 11.9. The fraction of sp³-hybridized carbons (Fsp3) is 0.308. The lowest BCUT2D eigenvalue weighted by Crippen LogP contribution is -2.43. The summed E-state index contributed by atoms with van der Waals surface area (Å²) >= 11 is 3.49. The molecule has 0 heterocycles. The van der Waals surface area contributed by atoms with Crippen LogP contribution in [-0.4, -0.2) is 11.9 Å². The van der Waals surface area contributed by atoms with Crippen LogP contribution in [0.5, 0.6) is 0 Å². The molecule has 16 heavy (non-hydrogen) atoms. The van der Waals surface area contributed by atoms with Crippen molar-refractivity contribution >= 4 is 27.5 Å². The van der Waals surface area contributed by atoms with Crippen LogP contribution in [0.15, 0.2) is 41.4 Å². The lowest BCUT2D eigenvalue weighted by atomic mass is 9.91. The number of nitrogens with zero attached hydrogens (tertiary/aromatic N) is 1. The predicted octanol–water partition coefficient (Wildman–Crippen LogP) is 3.52. The Morgan fingerprint density at radius 2 is 2.12 bits per heavy atom. The van der Waals surface area contributed by atoms with Gasteiger partial charge in [-0.05, 0) is 53.4 Å². The van der Waals surface area contributed by atoms with E-state index in [1.165, 1.54) is 12.5 Å². The number of hydrogen-bond acceptors (Lipinski definition) is 1. The van der Waals surface area contributed by atoms with Gasteiger partial charge in [0.2, 0.25) is 0 Å². The first-order chi connectivity index (χ1) is 7.74. The van der Waals surface area contributed by atoms with E-state index in [4.69, 9.17) is 0 Å². The minimum Gasteiger partial charge on any atom is -0.305 e. The summed E-state index contributed by atoms with van der Waals surface area (Å²) in [4.78, 5) is 13.7. The highest BCUT2D eigenvalue weighted by Gasteiger charge is 2.29. The van der Waals surface area contributed by atoms with Gasteiger partial charge in [0, 0.05) is 10.5 Å². The largest absolute Gasteiger partial charge is 0.305 e. The third-order valence-electron chi connectivity index (χ3n) is 2.96. The number of hydrogen-bond donors (Lipinski definition) is 0. The Morgan fingerprint density at radius 1 is 1.44 bits per heavy atom. The van der Waals surface area contributed by atoms with Crippen molar-refractivity contribution in [2.45, 2.75) is 25.3 Å². The Labute approximate surface area is 104 Å². The zero-order chi connectivity index (χ0) is 11.5. The van der Waals surface area contributed by atoms with Crippen molar-refractivity contribution in [3.8, 4) is 0 Å². The predicted molar refractivity (Wildman–Crippen MR) is 69.5 cm³/mol. The van der Waals surface area contributed by atoms with Crippen molar-refractivity contribution < 1.29 is 4.79 Å². The lowest BCUT2D eigenvalue weighted by molar-refractivity contribution is -0.115. The molecular weight excluding hydrogens is 266 g/mol. The number of benzene rings is 1. The third-order valence-corrected chi connectivity index (χ3v) is 3.63. The van der Waals surface area contributed by atoms with Crippen LogP contribution in [0.4, 0.5) is 5.69 Å². The highest BCUT2D eigenvalue weighted by Crippen LogP contribution is 2.34. The summed E-state index contributed by atoms with van der Waals surface area (Å²) in [6, 6.07) is 8.15. The molecule has 0 aliphatic heterocycles. The summed E-state index contributed by atoms with van der Waals surface area (Å²) in [5.41, 5.74) is 0.942. The summed E-state index contributed by atoms with van der Waals surface area (Å²) in [5, 5.41) is 0. The Kier molecular flexibility index (Phi) is 3.44. The molecule has 2 nitrogen and oxygen atoms in total. The normalized spacial score (nSPS) is 15.3. The maximum Gasteiger partial charge on any atom is 0.250 e. The molecule has 2 rings (SSSR count). The molecule has 0 unspecified atom stereocenters. The van der Waals surface area contributed by atoms with Crippen molar-refractivity contribution in [1.82, 2.24) is 0 Å². The molecule has 1 aromatic rings. The fourth-order valence-corrected chi connectivity index (χ4v) is 2.36. The molecule has 1 fully saturated rings. The number of carbonyl (C=O) groups excluding carboxylic acids is 1. The second-order valence-corrected chi connectivity index (χ2v) is 4.80. The summed E-state index contributed by atoms with van der Waals surface area (Å²) in [7, 11) is 0. The Bertz CT molecular complexity index is 412. The van der Waals surface area contributed by atoms with Crippen molar-refractivity contribution in [2.75, 3.05) is 4.90 Å². The average Bonchev–Trinajstić information content (AvgIpc) is 2.23. The topological polar surface area (TPSA) is 20.3 Å². The van der Waals surface area contributed by atoms with Crippen molar-refractivity contribution in [3.63, 3.8) is 0 Å². The molecule has 0 atom stereocenters. The highest BCUT2D eigenvalue weighted by atomic mass is 79.9. The Morgan fingerprint density at radius 3 is 2.62 bits per heavy atom. The van der Waals surface area contributed by atoms with Crippen LogP contribution in [0.2, 0.25) is 0 Å². The first kappa shape index (κ1) is 11.4. The number of amides is 1. The number of carbonyl (C=O) groups is 1. The first-order valence-electron chi connectivity index (χ1n) is 5.44. The molecule has 0 N–H and O–H groups in total. The quantitative estimate of drug-likeness (QED) is 0.776. The molecule has 0 radical (unpaired) electrons. The van der Waals surface area contributed by atoms with E-state index < -0.39 is 0 Å². The van der Waals surface area contributed by atoms with Crippen LogP contribution in [0.3, 0.4) is 0 Å². The summed E-state index contributed by atoms with van der Waals surface area (Å²) in [6.45, 7) is 3.57. The molecule has 3 heteroatoms. The molecule has 0 aromatic heterocycles. The average molecular weight is 280 g/mol. The van der Waals surface area contributed by atoms with Gasteiger partial charge in [0.1, 0.15) is 0 Å². The molecule has 1 saturated carbocycles. The SMILES string of the molecule is C=CC(=O)N(c1ccccc1Br)C1CCC1. The second kappa shape index (κ2) is 4.83. The minimum absolute atomic E-state index is 0.0170. The van der Waals surface area contributed by atoms with Gasteiger partial charge in [-0.1, -0.05) is 18.7 Å². The standard InChI is InChI=1S/C13H14BrNO/c1-2-13(16)15(10-6-5-7-10)12-9-4-3-8-11(12)14/h2-4,8-10H,1,5-7H2. The van der Waals surface area contributed by atoms with E-state index in [9.17, 15) is 4.79 Å². The summed E-state index contributed by atoms with van der Waals surface area (Å²) in [5.74, 6) is -0.0170. The lowest BCUT2D eigenvalue weighted by Gasteiger charge is -2.37. The molecule has 0 bridgehead atoms. The molecule has 1 amide bonds. The van der Waals surface area contributed by atoms with Crippen molar-refractivity contribution in [3.05, 3.63) is 41.4 Å².